The number of rotatable bonds is 7. The fraction of sp³-hybridized carbons (Fsp3) is 0.0870. The number of thioether (sulfide) groups is 1. The molecule has 9 heteroatoms. The number of carbonyl (C=O) groups is 1. The highest BCUT2D eigenvalue weighted by Gasteiger charge is 2.14. The molecule has 4 rings (SSSR count). The molecule has 1 amide bonds. The zero-order chi connectivity index (χ0) is 22.5. The normalized spacial score (nSPS) is 11.3. The van der Waals surface area contributed by atoms with Crippen molar-refractivity contribution in [2.75, 3.05) is 5.75 Å². The van der Waals surface area contributed by atoms with Gasteiger partial charge in [-0.25, -0.2) is 10.4 Å². The van der Waals surface area contributed by atoms with Gasteiger partial charge in [0.2, 0.25) is 0 Å². The van der Waals surface area contributed by atoms with E-state index in [1.807, 2.05) is 53.1 Å². The molecule has 0 aliphatic rings. The van der Waals surface area contributed by atoms with Gasteiger partial charge in [0.15, 0.2) is 16.7 Å². The van der Waals surface area contributed by atoms with Crippen LogP contribution in [0.5, 0.6) is 11.5 Å². The predicted octanol–water partition coefficient (Wildman–Crippen LogP) is 4.39. The number of hydrogen-bond donors (Lipinski definition) is 3. The van der Waals surface area contributed by atoms with Gasteiger partial charge in [0, 0.05) is 5.02 Å². The van der Waals surface area contributed by atoms with Gasteiger partial charge in [0.25, 0.3) is 5.91 Å². The lowest BCUT2D eigenvalue weighted by Gasteiger charge is -2.10. The van der Waals surface area contributed by atoms with E-state index in [-0.39, 0.29) is 23.2 Å². The summed E-state index contributed by atoms with van der Waals surface area (Å²) in [6.45, 7) is 0.534. The van der Waals surface area contributed by atoms with Crippen molar-refractivity contribution in [2.24, 2.45) is 5.10 Å². The average molecular weight is 467 g/mol. The first-order valence-electron chi connectivity index (χ1n) is 9.66. The summed E-state index contributed by atoms with van der Waals surface area (Å²) in [5, 5.41) is 24.1. The molecule has 3 aromatic carbocycles. The Kier molecular flexibility index (Phi) is 6.63. The summed E-state index contributed by atoms with van der Waals surface area (Å²) in [5.74, 6) is -0.662. The second kappa shape index (κ2) is 9.76. The molecule has 7 nitrogen and oxygen atoms in total. The molecule has 1 heterocycles. The van der Waals surface area contributed by atoms with Crippen molar-refractivity contribution >= 4 is 46.5 Å². The second-order valence-electron chi connectivity index (χ2n) is 6.89. The third-order valence-electron chi connectivity index (χ3n) is 4.64. The van der Waals surface area contributed by atoms with Crippen LogP contribution in [0.3, 0.4) is 0 Å². The van der Waals surface area contributed by atoms with Crippen LogP contribution in [0.15, 0.2) is 77.0 Å². The Labute approximate surface area is 193 Å². The maximum atomic E-state index is 12.3. The summed E-state index contributed by atoms with van der Waals surface area (Å²) in [6.07, 6.45) is 1.38. The number of nitrogens with one attached hydrogen (secondary N) is 1. The SMILES string of the molecule is O=C(CSc1nc2ccccc2n1Cc1ccccc1Cl)N/N=C\c1ccc(O)c(O)c1. The quantitative estimate of drug-likeness (QED) is 0.162. The first-order valence-corrected chi connectivity index (χ1v) is 11.0. The molecule has 32 heavy (non-hydrogen) atoms. The summed E-state index contributed by atoms with van der Waals surface area (Å²) >= 11 is 7.65. The topological polar surface area (TPSA) is 99.7 Å². The average Bonchev–Trinajstić information content (AvgIpc) is 3.14. The van der Waals surface area contributed by atoms with E-state index >= 15 is 0 Å². The molecule has 162 valence electrons. The molecular formula is C23H19ClN4O3S. The molecule has 1 aromatic heterocycles. The largest absolute Gasteiger partial charge is 0.504 e. The molecule has 4 aromatic rings. The molecule has 0 spiro atoms. The van der Waals surface area contributed by atoms with Crippen molar-refractivity contribution in [1.29, 1.82) is 0 Å². The highest BCUT2D eigenvalue weighted by Crippen LogP contribution is 2.27. The molecule has 0 saturated heterocycles. The minimum atomic E-state index is -0.300. The maximum absolute atomic E-state index is 12.3. The smallest absolute Gasteiger partial charge is 0.250 e. The molecule has 0 aliphatic heterocycles. The number of hydrazone groups is 1. The van der Waals surface area contributed by atoms with Gasteiger partial charge in [0.1, 0.15) is 0 Å². The van der Waals surface area contributed by atoms with Crippen molar-refractivity contribution in [2.45, 2.75) is 11.7 Å². The third-order valence-corrected chi connectivity index (χ3v) is 5.99. The van der Waals surface area contributed by atoms with E-state index in [1.165, 1.54) is 30.1 Å². The van der Waals surface area contributed by atoms with Gasteiger partial charge in [-0.05, 0) is 47.5 Å². The minimum absolute atomic E-state index is 0.115. The van der Waals surface area contributed by atoms with E-state index in [2.05, 4.69) is 15.5 Å². The Bertz CT molecular complexity index is 1310. The Morgan fingerprint density at radius 2 is 1.88 bits per heavy atom. The number of fused-ring (bicyclic) bond motifs is 1. The van der Waals surface area contributed by atoms with Crippen LogP contribution in [0, 0.1) is 0 Å². The number of halogens is 1. The van der Waals surface area contributed by atoms with Crippen LogP contribution in [0.1, 0.15) is 11.1 Å². The van der Waals surface area contributed by atoms with Crippen molar-refractivity contribution in [3.63, 3.8) is 0 Å². The van der Waals surface area contributed by atoms with E-state index in [9.17, 15) is 15.0 Å². The Morgan fingerprint density at radius 3 is 2.69 bits per heavy atom. The molecular weight excluding hydrogens is 448 g/mol. The van der Waals surface area contributed by atoms with Gasteiger partial charge >= 0.3 is 0 Å². The zero-order valence-electron chi connectivity index (χ0n) is 16.8. The Morgan fingerprint density at radius 1 is 1.09 bits per heavy atom. The van der Waals surface area contributed by atoms with Gasteiger partial charge in [-0.1, -0.05) is 53.7 Å². The van der Waals surface area contributed by atoms with Crippen LogP contribution in [-0.4, -0.2) is 37.6 Å². The standard InChI is InChI=1S/C23H19ClN4O3S/c24-17-6-2-1-5-16(17)13-28-19-8-4-3-7-18(19)26-23(28)32-14-22(31)27-25-12-15-9-10-20(29)21(30)11-15/h1-12,29-30H,13-14H2,(H,27,31)/b25-12-. The van der Waals surface area contributed by atoms with Crippen LogP contribution in [0.2, 0.25) is 5.02 Å². The van der Waals surface area contributed by atoms with E-state index < -0.39 is 0 Å². The number of amides is 1. The van der Waals surface area contributed by atoms with Crippen molar-refractivity contribution in [3.8, 4) is 11.5 Å². The van der Waals surface area contributed by atoms with Crippen LogP contribution in [-0.2, 0) is 11.3 Å². The predicted molar refractivity (Wildman–Crippen MR) is 127 cm³/mol. The van der Waals surface area contributed by atoms with Crippen molar-refractivity contribution < 1.29 is 15.0 Å². The van der Waals surface area contributed by atoms with Crippen LogP contribution < -0.4 is 5.43 Å². The van der Waals surface area contributed by atoms with Crippen molar-refractivity contribution in [1.82, 2.24) is 15.0 Å². The van der Waals surface area contributed by atoms with E-state index in [4.69, 9.17) is 11.6 Å². The number of hydrogen-bond acceptors (Lipinski definition) is 6. The fourth-order valence-corrected chi connectivity index (χ4v) is 4.08. The molecule has 0 fully saturated rings. The van der Waals surface area contributed by atoms with E-state index in [0.717, 1.165) is 16.6 Å². The molecule has 0 aliphatic carbocycles. The van der Waals surface area contributed by atoms with Crippen molar-refractivity contribution in [3.05, 3.63) is 82.9 Å². The number of phenolic OH excluding ortho intramolecular Hbond substituents is 2. The van der Waals surface area contributed by atoms with Crippen LogP contribution in [0.25, 0.3) is 11.0 Å². The first-order chi connectivity index (χ1) is 15.5. The third kappa shape index (κ3) is 5.04. The van der Waals surface area contributed by atoms with Crippen LogP contribution in [0.4, 0.5) is 0 Å². The van der Waals surface area contributed by atoms with Gasteiger partial charge in [-0.15, -0.1) is 0 Å². The summed E-state index contributed by atoms with van der Waals surface area (Å²) in [5.41, 5.74) is 5.75. The Hall–Kier alpha value is -3.49. The molecule has 0 atom stereocenters. The van der Waals surface area contributed by atoms with Gasteiger partial charge in [-0.2, -0.15) is 5.10 Å². The van der Waals surface area contributed by atoms with Gasteiger partial charge < -0.3 is 14.8 Å². The van der Waals surface area contributed by atoms with E-state index in [0.29, 0.717) is 22.3 Å². The molecule has 0 radical (unpaired) electrons. The molecule has 0 bridgehead atoms. The molecule has 0 saturated carbocycles. The lowest BCUT2D eigenvalue weighted by atomic mass is 10.2. The monoisotopic (exact) mass is 466 g/mol. The molecule has 0 unspecified atom stereocenters. The number of para-hydroxylation sites is 2. The number of benzene rings is 3. The zero-order valence-corrected chi connectivity index (χ0v) is 18.3. The number of nitrogens with zero attached hydrogens (tertiary/aromatic N) is 3. The maximum Gasteiger partial charge on any atom is 0.250 e. The fourth-order valence-electron chi connectivity index (χ4n) is 3.08. The Balaban J connectivity index is 1.45. The summed E-state index contributed by atoms with van der Waals surface area (Å²) in [7, 11) is 0. The number of aromatic nitrogens is 2. The number of carbonyl (C=O) groups excluding carboxylic acids is 1. The second-order valence-corrected chi connectivity index (χ2v) is 8.24. The number of phenols is 2. The lowest BCUT2D eigenvalue weighted by molar-refractivity contribution is -0.118. The van der Waals surface area contributed by atoms with E-state index in [1.54, 1.807) is 6.07 Å². The minimum Gasteiger partial charge on any atom is -0.504 e. The van der Waals surface area contributed by atoms with Gasteiger partial charge in [0.05, 0.1) is 29.5 Å². The highest BCUT2D eigenvalue weighted by atomic mass is 35.5. The summed E-state index contributed by atoms with van der Waals surface area (Å²) in [6, 6.07) is 19.7. The lowest BCUT2D eigenvalue weighted by Crippen LogP contribution is -2.20. The molecule has 3 N–H and O–H groups in total. The summed E-state index contributed by atoms with van der Waals surface area (Å²) < 4.78 is 2.04. The van der Waals surface area contributed by atoms with Crippen LogP contribution >= 0.6 is 23.4 Å². The summed E-state index contributed by atoms with van der Waals surface area (Å²) in [4.78, 5) is 16.9. The first kappa shape index (κ1) is 21.7. The highest BCUT2D eigenvalue weighted by molar-refractivity contribution is 7.99. The number of aromatic hydroxyl groups is 2. The number of imidazole rings is 1. The van der Waals surface area contributed by atoms with Gasteiger partial charge in [-0.3, -0.25) is 4.79 Å².